The van der Waals surface area contributed by atoms with Crippen LogP contribution in [0.25, 0.3) is 0 Å². The molecule has 9 nitrogen and oxygen atoms in total. The van der Waals surface area contributed by atoms with Crippen molar-refractivity contribution in [2.45, 2.75) is 24.1 Å². The van der Waals surface area contributed by atoms with Gasteiger partial charge in [-0.2, -0.15) is 0 Å². The molecular weight excluding hydrogens is 286 g/mol. The molecule has 0 bridgehead atoms. The molecule has 4 N–H and O–H groups in total. The zero-order valence-corrected chi connectivity index (χ0v) is 10.8. The first kappa shape index (κ1) is 15.6. The molecule has 116 valence electrons. The summed E-state index contributed by atoms with van der Waals surface area (Å²) < 4.78 is 10.1. The van der Waals surface area contributed by atoms with Crippen molar-refractivity contribution in [1.82, 2.24) is 0 Å². The Hall–Kier alpha value is -1.78. The van der Waals surface area contributed by atoms with Crippen LogP contribution in [0.3, 0.4) is 0 Å². The molecule has 1 fully saturated rings. The Bertz CT molecular complexity index is 506. The standard InChI is InChI=1S/C12H15NO8/c14-9-5-21-12(17,11(16)10(9)15)6-20-8-3-1-7(2-4-8)13(18)19/h1-4,9-11,14-17H,5-6H2/t9-,10-,11+,12-/m1/s1. The quantitative estimate of drug-likeness (QED) is 0.400. The van der Waals surface area contributed by atoms with Gasteiger partial charge in [-0.05, 0) is 12.1 Å². The highest BCUT2D eigenvalue weighted by molar-refractivity contribution is 5.36. The second-order valence-electron chi connectivity index (χ2n) is 4.70. The summed E-state index contributed by atoms with van der Waals surface area (Å²) >= 11 is 0. The predicted molar refractivity (Wildman–Crippen MR) is 67.5 cm³/mol. The van der Waals surface area contributed by atoms with Gasteiger partial charge >= 0.3 is 0 Å². The normalized spacial score (nSPS) is 32.7. The second kappa shape index (κ2) is 5.92. The fourth-order valence-corrected chi connectivity index (χ4v) is 1.87. The molecule has 0 aromatic heterocycles. The first-order valence-electron chi connectivity index (χ1n) is 6.11. The maximum Gasteiger partial charge on any atom is 0.269 e. The number of non-ortho nitro benzene ring substituents is 1. The smallest absolute Gasteiger partial charge is 0.269 e. The number of benzene rings is 1. The van der Waals surface area contributed by atoms with Crippen molar-refractivity contribution >= 4 is 5.69 Å². The second-order valence-corrected chi connectivity index (χ2v) is 4.70. The van der Waals surface area contributed by atoms with E-state index in [-0.39, 0.29) is 18.0 Å². The fraction of sp³-hybridized carbons (Fsp3) is 0.500. The highest BCUT2D eigenvalue weighted by atomic mass is 16.7. The van der Waals surface area contributed by atoms with Gasteiger partial charge in [-0.1, -0.05) is 0 Å². The maximum absolute atomic E-state index is 10.5. The average Bonchev–Trinajstić information content (AvgIpc) is 2.48. The van der Waals surface area contributed by atoms with Crippen LogP contribution in [0, 0.1) is 10.1 Å². The lowest BCUT2D eigenvalue weighted by atomic mass is 9.97. The Kier molecular flexibility index (Phi) is 4.40. The lowest BCUT2D eigenvalue weighted by molar-refractivity contribution is -0.384. The van der Waals surface area contributed by atoms with E-state index in [1.807, 2.05) is 0 Å². The van der Waals surface area contributed by atoms with Gasteiger partial charge < -0.3 is 29.9 Å². The number of nitro benzene ring substituents is 1. The SMILES string of the molecule is O=[N+]([O-])c1ccc(OC[C@@]2(O)OC[C@@H](O)[C@@H](O)[C@@H]2O)cc1. The lowest BCUT2D eigenvalue weighted by Crippen LogP contribution is -2.63. The van der Waals surface area contributed by atoms with E-state index in [1.54, 1.807) is 0 Å². The summed E-state index contributed by atoms with van der Waals surface area (Å²) in [7, 11) is 0. The summed E-state index contributed by atoms with van der Waals surface area (Å²) in [5.41, 5.74) is -0.117. The molecule has 21 heavy (non-hydrogen) atoms. The van der Waals surface area contributed by atoms with Gasteiger partial charge in [0.05, 0.1) is 11.5 Å². The number of ether oxygens (including phenoxy) is 2. The van der Waals surface area contributed by atoms with Crippen molar-refractivity contribution in [1.29, 1.82) is 0 Å². The Labute approximate surface area is 119 Å². The molecule has 2 rings (SSSR count). The summed E-state index contributed by atoms with van der Waals surface area (Å²) in [5.74, 6) is -1.97. The molecule has 0 spiro atoms. The Morgan fingerprint density at radius 2 is 1.95 bits per heavy atom. The molecule has 1 aliphatic rings. The fourth-order valence-electron chi connectivity index (χ4n) is 1.87. The molecule has 1 aromatic carbocycles. The van der Waals surface area contributed by atoms with E-state index in [9.17, 15) is 30.5 Å². The summed E-state index contributed by atoms with van der Waals surface area (Å²) in [6.07, 6.45) is -4.62. The maximum atomic E-state index is 10.5. The van der Waals surface area contributed by atoms with Crippen molar-refractivity contribution in [2.75, 3.05) is 13.2 Å². The van der Waals surface area contributed by atoms with Gasteiger partial charge in [0.15, 0.2) is 0 Å². The number of hydrogen-bond donors (Lipinski definition) is 4. The Balaban J connectivity index is 2.00. The summed E-state index contributed by atoms with van der Waals surface area (Å²) in [6, 6.07) is 5.08. The van der Waals surface area contributed by atoms with E-state index in [4.69, 9.17) is 9.47 Å². The number of nitrogens with zero attached hydrogens (tertiary/aromatic N) is 1. The Morgan fingerprint density at radius 3 is 2.52 bits per heavy atom. The first-order chi connectivity index (χ1) is 9.83. The van der Waals surface area contributed by atoms with E-state index in [1.165, 1.54) is 24.3 Å². The van der Waals surface area contributed by atoms with E-state index in [0.717, 1.165) is 0 Å². The van der Waals surface area contributed by atoms with Crippen LogP contribution in [0.1, 0.15) is 0 Å². The van der Waals surface area contributed by atoms with Gasteiger partial charge in [0, 0.05) is 12.1 Å². The van der Waals surface area contributed by atoms with Crippen LogP contribution < -0.4 is 4.74 Å². The van der Waals surface area contributed by atoms with Crippen molar-refractivity contribution in [3.05, 3.63) is 34.4 Å². The molecule has 1 saturated heterocycles. The number of nitro groups is 1. The molecule has 4 atom stereocenters. The van der Waals surface area contributed by atoms with Crippen LogP contribution in [0.5, 0.6) is 5.75 Å². The van der Waals surface area contributed by atoms with Crippen LogP contribution in [0.2, 0.25) is 0 Å². The molecule has 0 saturated carbocycles. The first-order valence-corrected chi connectivity index (χ1v) is 6.11. The largest absolute Gasteiger partial charge is 0.488 e. The molecule has 0 unspecified atom stereocenters. The molecule has 0 aliphatic carbocycles. The molecule has 1 aromatic rings. The van der Waals surface area contributed by atoms with E-state index >= 15 is 0 Å². The molecule has 0 radical (unpaired) electrons. The number of aliphatic hydroxyl groups excluding tert-OH is 3. The number of hydrogen-bond acceptors (Lipinski definition) is 8. The van der Waals surface area contributed by atoms with Gasteiger partial charge in [-0.25, -0.2) is 0 Å². The van der Waals surface area contributed by atoms with Crippen LogP contribution in [-0.2, 0) is 4.74 Å². The minimum absolute atomic E-state index is 0.117. The minimum atomic E-state index is -2.18. The Morgan fingerprint density at radius 1 is 1.33 bits per heavy atom. The van der Waals surface area contributed by atoms with E-state index in [0.29, 0.717) is 0 Å². The summed E-state index contributed by atoms with van der Waals surface area (Å²) in [5, 5.41) is 49.1. The number of aliphatic hydroxyl groups is 4. The monoisotopic (exact) mass is 301 g/mol. The number of rotatable bonds is 4. The van der Waals surface area contributed by atoms with Gasteiger partial charge in [0.2, 0.25) is 5.79 Å². The molecule has 9 heteroatoms. The molecular formula is C12H15NO8. The van der Waals surface area contributed by atoms with Crippen molar-refractivity contribution in [2.24, 2.45) is 0 Å². The highest BCUT2D eigenvalue weighted by Crippen LogP contribution is 2.26. The third-order valence-electron chi connectivity index (χ3n) is 3.18. The van der Waals surface area contributed by atoms with Gasteiger partial charge in [0.25, 0.3) is 5.69 Å². The van der Waals surface area contributed by atoms with Crippen molar-refractivity contribution in [3.63, 3.8) is 0 Å². The van der Waals surface area contributed by atoms with Crippen molar-refractivity contribution < 1.29 is 34.8 Å². The predicted octanol–water partition coefficient (Wildman–Crippen LogP) is -1.22. The van der Waals surface area contributed by atoms with E-state index < -0.39 is 35.6 Å². The van der Waals surface area contributed by atoms with Crippen LogP contribution in [0.15, 0.2) is 24.3 Å². The summed E-state index contributed by atoms with van der Waals surface area (Å²) in [6.45, 7) is -0.881. The minimum Gasteiger partial charge on any atom is -0.488 e. The van der Waals surface area contributed by atoms with Gasteiger partial charge in [-0.15, -0.1) is 0 Å². The van der Waals surface area contributed by atoms with Crippen LogP contribution in [0.4, 0.5) is 5.69 Å². The zero-order chi connectivity index (χ0) is 15.6. The van der Waals surface area contributed by atoms with Gasteiger partial charge in [0.1, 0.15) is 30.7 Å². The van der Waals surface area contributed by atoms with E-state index in [2.05, 4.69) is 0 Å². The third-order valence-corrected chi connectivity index (χ3v) is 3.18. The third kappa shape index (κ3) is 3.28. The van der Waals surface area contributed by atoms with Crippen LogP contribution >= 0.6 is 0 Å². The van der Waals surface area contributed by atoms with Crippen molar-refractivity contribution in [3.8, 4) is 5.75 Å². The topological polar surface area (TPSA) is 143 Å². The van der Waals surface area contributed by atoms with Crippen LogP contribution in [-0.4, -0.2) is 62.7 Å². The molecule has 1 heterocycles. The highest BCUT2D eigenvalue weighted by Gasteiger charge is 2.49. The zero-order valence-electron chi connectivity index (χ0n) is 10.8. The molecule has 0 amide bonds. The van der Waals surface area contributed by atoms with Gasteiger partial charge in [-0.3, -0.25) is 10.1 Å². The molecule has 1 aliphatic heterocycles. The summed E-state index contributed by atoms with van der Waals surface area (Å²) in [4.78, 5) is 9.93. The average molecular weight is 301 g/mol. The lowest BCUT2D eigenvalue weighted by Gasteiger charge is -2.41.